The number of methoxy groups -OCH3 is 1. The number of hydrogen-bond acceptors (Lipinski definition) is 9. The number of amides is 1. The molecule has 33 heavy (non-hydrogen) atoms. The van der Waals surface area contributed by atoms with Crippen LogP contribution in [0.1, 0.15) is 51.0 Å². The van der Waals surface area contributed by atoms with E-state index in [0.29, 0.717) is 38.0 Å². The van der Waals surface area contributed by atoms with E-state index in [-0.39, 0.29) is 22.8 Å². The molecular formula is C22H33ClN6O4. The lowest BCUT2D eigenvalue weighted by Crippen LogP contribution is -2.53. The molecule has 1 amide bonds. The van der Waals surface area contributed by atoms with Gasteiger partial charge in [0.05, 0.1) is 13.7 Å². The maximum Gasteiger partial charge on any atom is 0.410 e. The monoisotopic (exact) mass is 480 g/mol. The molecule has 0 aliphatic carbocycles. The molecule has 0 aromatic carbocycles. The quantitative estimate of drug-likeness (QED) is 0.652. The molecule has 1 aromatic heterocycles. The van der Waals surface area contributed by atoms with Gasteiger partial charge in [-0.1, -0.05) is 17.7 Å². The summed E-state index contributed by atoms with van der Waals surface area (Å²) in [7, 11) is 1.25. The third kappa shape index (κ3) is 5.79. The summed E-state index contributed by atoms with van der Waals surface area (Å²) >= 11 is 6.34. The van der Waals surface area contributed by atoms with E-state index in [1.54, 1.807) is 4.90 Å². The number of hydrogen-bond donors (Lipinski definition) is 1. The molecule has 2 aliphatic heterocycles. The summed E-state index contributed by atoms with van der Waals surface area (Å²) in [5.41, 5.74) is 6.49. The Balaban J connectivity index is 1.65. The van der Waals surface area contributed by atoms with Crippen molar-refractivity contribution in [2.24, 2.45) is 0 Å². The van der Waals surface area contributed by atoms with Crippen molar-refractivity contribution >= 4 is 35.3 Å². The zero-order valence-corrected chi connectivity index (χ0v) is 20.7. The van der Waals surface area contributed by atoms with Crippen molar-refractivity contribution in [2.45, 2.75) is 52.2 Å². The first-order chi connectivity index (χ1) is 15.5. The van der Waals surface area contributed by atoms with Crippen molar-refractivity contribution in [3.05, 3.63) is 22.6 Å². The number of nitrogens with zero attached hydrogens (tertiary/aromatic N) is 5. The molecule has 0 unspecified atom stereocenters. The van der Waals surface area contributed by atoms with Gasteiger partial charge in [0.15, 0.2) is 22.5 Å². The molecule has 0 saturated carbocycles. The average Bonchev–Trinajstić information content (AvgIpc) is 2.78. The minimum atomic E-state index is -0.676. The van der Waals surface area contributed by atoms with Crippen LogP contribution in [0.5, 0.6) is 0 Å². The Hall–Kier alpha value is -2.75. The van der Waals surface area contributed by atoms with Crippen LogP contribution in [-0.2, 0) is 9.47 Å². The number of allylic oxidation sites excluding steroid dienone is 1. The molecule has 2 N–H and O–H groups in total. The van der Waals surface area contributed by atoms with E-state index in [1.165, 1.54) is 7.11 Å². The smallest absolute Gasteiger partial charge is 0.410 e. The molecule has 0 spiro atoms. The third-order valence-electron chi connectivity index (χ3n) is 5.76. The molecule has 2 aliphatic rings. The van der Waals surface area contributed by atoms with E-state index >= 15 is 0 Å². The van der Waals surface area contributed by atoms with E-state index < -0.39 is 11.6 Å². The van der Waals surface area contributed by atoms with Crippen molar-refractivity contribution in [1.82, 2.24) is 19.8 Å². The molecule has 2 fully saturated rings. The molecule has 10 nitrogen and oxygen atoms in total. The number of nitrogens with two attached hydrogens (primary N) is 1. The van der Waals surface area contributed by atoms with Gasteiger partial charge in [-0.3, -0.25) is 0 Å². The van der Waals surface area contributed by atoms with Crippen LogP contribution >= 0.6 is 11.6 Å². The second-order valence-corrected chi connectivity index (χ2v) is 9.51. The van der Waals surface area contributed by atoms with E-state index in [4.69, 9.17) is 22.1 Å². The number of aromatic nitrogens is 2. The van der Waals surface area contributed by atoms with Gasteiger partial charge in [0, 0.05) is 37.9 Å². The summed E-state index contributed by atoms with van der Waals surface area (Å²) in [6, 6.07) is 0.338. The average molecular weight is 481 g/mol. The van der Waals surface area contributed by atoms with Gasteiger partial charge in [-0.25, -0.2) is 19.6 Å². The van der Waals surface area contributed by atoms with Crippen LogP contribution in [0.3, 0.4) is 0 Å². The molecule has 0 radical (unpaired) electrons. The molecular weight excluding hydrogens is 448 g/mol. The fourth-order valence-corrected chi connectivity index (χ4v) is 4.39. The Labute approximate surface area is 199 Å². The number of anilines is 2. The van der Waals surface area contributed by atoms with Gasteiger partial charge in [-0.05, 0) is 40.5 Å². The Morgan fingerprint density at radius 3 is 2.39 bits per heavy atom. The van der Waals surface area contributed by atoms with Gasteiger partial charge < -0.3 is 29.9 Å². The molecule has 2 saturated heterocycles. The number of likely N-dealkylation sites (tertiary alicyclic amines) is 1. The molecule has 1 aromatic rings. The van der Waals surface area contributed by atoms with Crippen LogP contribution in [0.15, 0.2) is 11.8 Å². The number of nitrogen functional groups attached to an aromatic ring is 1. The highest BCUT2D eigenvalue weighted by Crippen LogP contribution is 2.30. The molecule has 11 heteroatoms. The van der Waals surface area contributed by atoms with Crippen LogP contribution in [0.2, 0.25) is 5.15 Å². The van der Waals surface area contributed by atoms with Gasteiger partial charge in [-0.2, -0.15) is 0 Å². The Morgan fingerprint density at radius 2 is 1.82 bits per heavy atom. The van der Waals surface area contributed by atoms with Gasteiger partial charge in [-0.15, -0.1) is 0 Å². The number of piperidine rings is 1. The summed E-state index contributed by atoms with van der Waals surface area (Å²) in [5, 5.41) is 0.110. The summed E-state index contributed by atoms with van der Waals surface area (Å²) in [4.78, 5) is 38.8. The predicted molar refractivity (Wildman–Crippen MR) is 126 cm³/mol. The highest BCUT2D eigenvalue weighted by atomic mass is 35.5. The maximum atomic E-state index is 12.4. The lowest BCUT2D eigenvalue weighted by Gasteiger charge is -2.45. The molecule has 0 bridgehead atoms. The van der Waals surface area contributed by atoms with E-state index in [1.807, 2.05) is 32.6 Å². The lowest BCUT2D eigenvalue weighted by molar-refractivity contribution is 0.0158. The second-order valence-electron chi connectivity index (χ2n) is 9.16. The number of rotatable bonds is 3. The highest BCUT2D eigenvalue weighted by molar-refractivity contribution is 6.32. The van der Waals surface area contributed by atoms with Crippen molar-refractivity contribution in [2.75, 3.05) is 50.5 Å². The standard InChI is InChI=1S/C22H33ClN6O4/c1-6-14-13-28(19-17(23)25-16(18(24)26-19)20(30)32-5)11-12-29(14)15-7-9-27(10-8-15)21(31)33-22(2,3)4/h6,15H,7-13H2,1-5H3,(H2,24,26)/b14-6+. The normalized spacial score (nSPS) is 19.1. The first-order valence-electron chi connectivity index (χ1n) is 11.1. The second kappa shape index (κ2) is 10.0. The van der Waals surface area contributed by atoms with E-state index in [0.717, 1.165) is 25.1 Å². The van der Waals surface area contributed by atoms with E-state index in [9.17, 15) is 9.59 Å². The number of piperazine rings is 1. The highest BCUT2D eigenvalue weighted by Gasteiger charge is 2.33. The zero-order chi connectivity index (χ0) is 24.3. The molecule has 0 atom stereocenters. The molecule has 3 heterocycles. The SMILES string of the molecule is C/C=C1\CN(c2nc(N)c(C(=O)OC)nc2Cl)CCN1C1CCN(C(=O)OC(C)(C)C)CC1. The zero-order valence-electron chi connectivity index (χ0n) is 19.9. The number of halogens is 1. The first-order valence-corrected chi connectivity index (χ1v) is 11.5. The predicted octanol–water partition coefficient (Wildman–Crippen LogP) is 2.92. The fourth-order valence-electron chi connectivity index (χ4n) is 4.15. The van der Waals surface area contributed by atoms with Crippen LogP contribution in [0.25, 0.3) is 0 Å². The van der Waals surface area contributed by atoms with Crippen molar-refractivity contribution in [3.8, 4) is 0 Å². The first kappa shape index (κ1) is 24.9. The third-order valence-corrected chi connectivity index (χ3v) is 6.02. The number of ether oxygens (including phenoxy) is 2. The topological polar surface area (TPSA) is 114 Å². The van der Waals surface area contributed by atoms with Gasteiger partial charge in [0.1, 0.15) is 5.60 Å². The van der Waals surface area contributed by atoms with Crippen molar-refractivity contribution < 1.29 is 19.1 Å². The fraction of sp³-hybridized carbons (Fsp3) is 0.636. The summed E-state index contributed by atoms with van der Waals surface area (Å²) in [6.07, 6.45) is 3.58. The Bertz CT molecular complexity index is 924. The van der Waals surface area contributed by atoms with Gasteiger partial charge in [0.25, 0.3) is 0 Å². The summed E-state index contributed by atoms with van der Waals surface area (Å²) in [5.74, 6) is -0.245. The van der Waals surface area contributed by atoms with Crippen molar-refractivity contribution in [1.29, 1.82) is 0 Å². The Kier molecular flexibility index (Phi) is 7.56. The van der Waals surface area contributed by atoms with Gasteiger partial charge in [0.2, 0.25) is 0 Å². The number of carbonyl (C=O) groups is 2. The number of carbonyl (C=O) groups excluding carboxylic acids is 2. The molecule has 182 valence electrons. The largest absolute Gasteiger partial charge is 0.464 e. The van der Waals surface area contributed by atoms with Crippen LogP contribution < -0.4 is 10.6 Å². The number of esters is 1. The Morgan fingerprint density at radius 1 is 1.15 bits per heavy atom. The lowest BCUT2D eigenvalue weighted by atomic mass is 10.0. The minimum absolute atomic E-state index is 0.0137. The van der Waals surface area contributed by atoms with Crippen LogP contribution in [0, 0.1) is 0 Å². The molecule has 3 rings (SSSR count). The van der Waals surface area contributed by atoms with E-state index in [2.05, 4.69) is 25.7 Å². The van der Waals surface area contributed by atoms with Gasteiger partial charge >= 0.3 is 12.1 Å². The summed E-state index contributed by atoms with van der Waals surface area (Å²) in [6.45, 7) is 11.0. The van der Waals surface area contributed by atoms with Crippen LogP contribution in [0.4, 0.5) is 16.4 Å². The summed E-state index contributed by atoms with van der Waals surface area (Å²) < 4.78 is 10.2. The van der Waals surface area contributed by atoms with Crippen molar-refractivity contribution in [3.63, 3.8) is 0 Å². The van der Waals surface area contributed by atoms with Crippen LogP contribution in [-0.4, -0.2) is 83.3 Å². The minimum Gasteiger partial charge on any atom is -0.464 e. The maximum absolute atomic E-state index is 12.4.